The molecule has 2 N–H and O–H groups in total. The van der Waals surface area contributed by atoms with Gasteiger partial charge in [0.05, 0.1) is 12.0 Å². The SMILES string of the molecule is CC(C)(C)OC(=O)N[C@H](Cc1ccc(C2=CC=CC(Cl)C2)cc1)CC(O)OCc1ccccc1. The van der Waals surface area contributed by atoms with E-state index in [9.17, 15) is 9.90 Å². The monoisotopic (exact) mass is 483 g/mol. The van der Waals surface area contributed by atoms with Crippen LogP contribution in [-0.4, -0.2) is 34.5 Å². The lowest BCUT2D eigenvalue weighted by Gasteiger charge is -2.25. The number of nitrogens with one attached hydrogen (secondary N) is 1. The summed E-state index contributed by atoms with van der Waals surface area (Å²) in [5.41, 5.74) is 3.72. The zero-order valence-electron chi connectivity index (χ0n) is 20.0. The first-order valence-corrected chi connectivity index (χ1v) is 12.1. The highest BCUT2D eigenvalue weighted by Crippen LogP contribution is 2.27. The molecule has 0 saturated heterocycles. The molecule has 1 aliphatic rings. The molecule has 6 heteroatoms. The molecule has 0 aromatic heterocycles. The van der Waals surface area contributed by atoms with Crippen LogP contribution in [0.5, 0.6) is 0 Å². The van der Waals surface area contributed by atoms with Crippen molar-refractivity contribution in [2.24, 2.45) is 0 Å². The lowest BCUT2D eigenvalue weighted by molar-refractivity contribution is -0.116. The Hall–Kier alpha value is -2.60. The summed E-state index contributed by atoms with van der Waals surface area (Å²) in [6.45, 7) is 5.75. The molecule has 0 heterocycles. The fourth-order valence-electron chi connectivity index (χ4n) is 3.74. The predicted molar refractivity (Wildman–Crippen MR) is 137 cm³/mol. The summed E-state index contributed by atoms with van der Waals surface area (Å²) in [5.74, 6) is 0. The van der Waals surface area contributed by atoms with Crippen molar-refractivity contribution in [1.82, 2.24) is 5.32 Å². The minimum absolute atomic E-state index is 0.0134. The van der Waals surface area contributed by atoms with Gasteiger partial charge in [-0.15, -0.1) is 11.6 Å². The number of rotatable bonds is 9. The van der Waals surface area contributed by atoms with E-state index < -0.39 is 18.0 Å². The maximum atomic E-state index is 12.4. The fraction of sp³-hybridized carbons (Fsp3) is 0.393. The average Bonchev–Trinajstić information content (AvgIpc) is 2.77. The number of allylic oxidation sites excluding steroid dienone is 4. The first kappa shape index (κ1) is 26.0. The van der Waals surface area contributed by atoms with E-state index in [0.29, 0.717) is 13.0 Å². The Bertz CT molecular complexity index is 980. The molecule has 0 saturated carbocycles. The second kappa shape index (κ2) is 12.2. The molecule has 2 unspecified atom stereocenters. The van der Waals surface area contributed by atoms with Gasteiger partial charge in [0, 0.05) is 12.5 Å². The largest absolute Gasteiger partial charge is 0.444 e. The van der Waals surface area contributed by atoms with Crippen molar-refractivity contribution in [2.75, 3.05) is 0 Å². The summed E-state index contributed by atoms with van der Waals surface area (Å²) in [4.78, 5) is 12.4. The molecule has 2 aromatic carbocycles. The van der Waals surface area contributed by atoms with E-state index in [0.717, 1.165) is 23.1 Å². The molecule has 1 aliphatic carbocycles. The number of carbonyl (C=O) groups excluding carboxylic acids is 1. The third-order valence-corrected chi connectivity index (χ3v) is 5.63. The highest BCUT2D eigenvalue weighted by molar-refractivity contribution is 6.22. The van der Waals surface area contributed by atoms with Crippen LogP contribution in [0.25, 0.3) is 5.57 Å². The van der Waals surface area contributed by atoms with Crippen LogP contribution < -0.4 is 5.32 Å². The van der Waals surface area contributed by atoms with E-state index in [4.69, 9.17) is 21.1 Å². The molecule has 0 spiro atoms. The topological polar surface area (TPSA) is 67.8 Å². The van der Waals surface area contributed by atoms with E-state index >= 15 is 0 Å². The number of aliphatic hydroxyl groups excluding tert-OH is 1. The lowest BCUT2D eigenvalue weighted by Crippen LogP contribution is -2.42. The Labute approximate surface area is 207 Å². The van der Waals surface area contributed by atoms with Crippen LogP contribution in [0.2, 0.25) is 0 Å². The van der Waals surface area contributed by atoms with E-state index in [1.807, 2.05) is 75.4 Å². The van der Waals surface area contributed by atoms with Crippen molar-refractivity contribution in [1.29, 1.82) is 0 Å². The lowest BCUT2D eigenvalue weighted by atomic mass is 9.95. The van der Waals surface area contributed by atoms with Gasteiger partial charge in [0.2, 0.25) is 0 Å². The van der Waals surface area contributed by atoms with Crippen molar-refractivity contribution in [3.8, 4) is 0 Å². The number of halogens is 1. The van der Waals surface area contributed by atoms with Gasteiger partial charge in [-0.25, -0.2) is 4.79 Å². The predicted octanol–water partition coefficient (Wildman–Crippen LogP) is 6.00. The molecule has 0 radical (unpaired) electrons. The van der Waals surface area contributed by atoms with E-state index in [1.54, 1.807) is 0 Å². The second-order valence-corrected chi connectivity index (χ2v) is 10.1. The third-order valence-electron chi connectivity index (χ3n) is 5.33. The third kappa shape index (κ3) is 8.98. The summed E-state index contributed by atoms with van der Waals surface area (Å²) < 4.78 is 11.1. The van der Waals surface area contributed by atoms with Crippen molar-refractivity contribution >= 4 is 23.3 Å². The Morgan fingerprint density at radius 2 is 1.82 bits per heavy atom. The van der Waals surface area contributed by atoms with Crippen LogP contribution in [0.4, 0.5) is 4.79 Å². The molecule has 1 amide bonds. The molecule has 0 fully saturated rings. The number of ether oxygens (including phenoxy) is 2. The van der Waals surface area contributed by atoms with Gasteiger partial charge < -0.3 is 19.9 Å². The van der Waals surface area contributed by atoms with Gasteiger partial charge >= 0.3 is 6.09 Å². The number of alkyl carbamates (subject to hydrolysis) is 1. The van der Waals surface area contributed by atoms with Gasteiger partial charge in [0.25, 0.3) is 0 Å². The summed E-state index contributed by atoms with van der Waals surface area (Å²) in [7, 11) is 0. The smallest absolute Gasteiger partial charge is 0.407 e. The summed E-state index contributed by atoms with van der Waals surface area (Å²) in [6, 6.07) is 17.5. The molecule has 5 nitrogen and oxygen atoms in total. The van der Waals surface area contributed by atoms with Crippen LogP contribution in [0.15, 0.2) is 72.8 Å². The molecule has 3 rings (SSSR count). The molecule has 2 aromatic rings. The maximum Gasteiger partial charge on any atom is 0.407 e. The number of alkyl halides is 1. The van der Waals surface area contributed by atoms with Gasteiger partial charge in [-0.05, 0) is 55.9 Å². The first-order valence-electron chi connectivity index (χ1n) is 11.6. The van der Waals surface area contributed by atoms with Gasteiger partial charge in [0.1, 0.15) is 5.60 Å². The van der Waals surface area contributed by atoms with Crippen LogP contribution in [0.1, 0.15) is 50.3 Å². The molecule has 3 atom stereocenters. The number of hydrogen-bond donors (Lipinski definition) is 2. The second-order valence-electron chi connectivity index (χ2n) is 9.53. The van der Waals surface area contributed by atoms with E-state index in [-0.39, 0.29) is 17.8 Å². The Balaban J connectivity index is 1.64. The number of amides is 1. The van der Waals surface area contributed by atoms with Gasteiger partial charge in [0.15, 0.2) is 6.29 Å². The average molecular weight is 484 g/mol. The summed E-state index contributed by atoms with van der Waals surface area (Å²) in [5, 5.41) is 13.4. The minimum Gasteiger partial charge on any atom is -0.444 e. The van der Waals surface area contributed by atoms with Crippen LogP contribution in [0, 0.1) is 0 Å². The van der Waals surface area contributed by atoms with Crippen LogP contribution in [-0.2, 0) is 22.5 Å². The van der Waals surface area contributed by atoms with Gasteiger partial charge in [-0.1, -0.05) is 72.8 Å². The van der Waals surface area contributed by atoms with Crippen LogP contribution in [0.3, 0.4) is 0 Å². The molecular weight excluding hydrogens is 450 g/mol. The minimum atomic E-state index is -1.03. The molecule has 182 valence electrons. The fourth-order valence-corrected chi connectivity index (χ4v) is 3.99. The van der Waals surface area contributed by atoms with Crippen molar-refractivity contribution in [3.05, 3.63) is 89.5 Å². The molecular formula is C28H34ClNO4. The standard InChI is InChI=1S/C28H34ClNO4/c1-28(2,3)34-27(32)30-25(18-26(31)33-19-21-8-5-4-6-9-21)16-20-12-14-22(15-13-20)23-10-7-11-24(29)17-23/h4-15,24-26,31H,16-19H2,1-3H3,(H,30,32)/t24?,25-,26?/m1/s1. The highest BCUT2D eigenvalue weighted by Gasteiger charge is 2.22. The van der Waals surface area contributed by atoms with E-state index in [1.165, 1.54) is 5.57 Å². The van der Waals surface area contributed by atoms with Gasteiger partial charge in [-0.2, -0.15) is 0 Å². The summed E-state index contributed by atoms with van der Waals surface area (Å²) in [6.07, 6.45) is 6.07. The van der Waals surface area contributed by atoms with Crippen molar-refractivity contribution in [2.45, 2.75) is 70.0 Å². The number of benzene rings is 2. The van der Waals surface area contributed by atoms with Crippen molar-refractivity contribution in [3.63, 3.8) is 0 Å². The molecule has 0 bridgehead atoms. The Kier molecular flexibility index (Phi) is 9.34. The van der Waals surface area contributed by atoms with Gasteiger partial charge in [-0.3, -0.25) is 0 Å². The Morgan fingerprint density at radius 3 is 2.47 bits per heavy atom. The van der Waals surface area contributed by atoms with Crippen LogP contribution >= 0.6 is 11.6 Å². The van der Waals surface area contributed by atoms with Crippen molar-refractivity contribution < 1.29 is 19.4 Å². The number of hydrogen-bond acceptors (Lipinski definition) is 4. The normalized spacial score (nSPS) is 17.6. The number of carbonyl (C=O) groups is 1. The summed E-state index contributed by atoms with van der Waals surface area (Å²) >= 11 is 6.25. The first-order chi connectivity index (χ1) is 16.2. The zero-order chi connectivity index (χ0) is 24.6. The maximum absolute atomic E-state index is 12.4. The quantitative estimate of drug-likeness (QED) is 0.339. The van der Waals surface area contributed by atoms with E-state index in [2.05, 4.69) is 23.5 Å². The zero-order valence-corrected chi connectivity index (χ0v) is 20.8. The Morgan fingerprint density at radius 1 is 1.12 bits per heavy atom. The molecule has 34 heavy (non-hydrogen) atoms. The highest BCUT2D eigenvalue weighted by atomic mass is 35.5. The molecule has 0 aliphatic heterocycles. The number of aliphatic hydroxyl groups is 1.